The van der Waals surface area contributed by atoms with Crippen LogP contribution in [0.3, 0.4) is 0 Å². The molecule has 0 heteroatoms. The summed E-state index contributed by atoms with van der Waals surface area (Å²) < 4.78 is 0. The fraction of sp³-hybridized carbons (Fsp3) is 1.00. The molecule has 1 spiro atoms. The Labute approximate surface area is 300 Å². The van der Waals surface area contributed by atoms with Crippen molar-refractivity contribution in [3.05, 3.63) is 0 Å². The second kappa shape index (κ2) is 34.4. The van der Waals surface area contributed by atoms with Gasteiger partial charge in [-0.2, -0.15) is 0 Å². The molecule has 2 aliphatic rings. The lowest BCUT2D eigenvalue weighted by Crippen LogP contribution is -2.24. The van der Waals surface area contributed by atoms with Crippen molar-refractivity contribution in [1.82, 2.24) is 0 Å². The summed E-state index contributed by atoms with van der Waals surface area (Å²) in [5.74, 6) is 0. The van der Waals surface area contributed by atoms with Crippen LogP contribution in [0.1, 0.15) is 295 Å². The van der Waals surface area contributed by atoms with Crippen LogP contribution in [0.25, 0.3) is 0 Å². The summed E-state index contributed by atoms with van der Waals surface area (Å²) in [5, 5.41) is 0. The molecule has 0 radical (unpaired) electrons. The minimum Gasteiger partial charge on any atom is -0.0533 e. The van der Waals surface area contributed by atoms with Crippen molar-refractivity contribution in [2.75, 3.05) is 0 Å². The van der Waals surface area contributed by atoms with Gasteiger partial charge in [-0.25, -0.2) is 0 Å². The van der Waals surface area contributed by atoms with Gasteiger partial charge in [-0.1, -0.05) is 270 Å². The molecule has 2 fully saturated rings. The lowest BCUT2D eigenvalue weighted by molar-refractivity contribution is 0.146. The minimum atomic E-state index is 0.754. The summed E-state index contributed by atoms with van der Waals surface area (Å²) in [6.07, 6.45) is 69.5. The third-order valence-corrected chi connectivity index (χ3v) is 12.8. The zero-order valence-corrected chi connectivity index (χ0v) is 33.0. The first-order valence-electron chi connectivity index (χ1n) is 23.4. The lowest BCUT2D eigenvalue weighted by Gasteiger charge is -2.38. The molecule has 47 heavy (non-hydrogen) atoms. The van der Waals surface area contributed by atoms with Gasteiger partial charge in [-0.3, -0.25) is 0 Å². The van der Waals surface area contributed by atoms with E-state index in [-0.39, 0.29) is 0 Å². The average Bonchev–Trinajstić information content (AvgIpc) is 3.09. The predicted octanol–water partition coefficient (Wildman–Crippen LogP) is 17.9. The van der Waals surface area contributed by atoms with E-state index in [2.05, 4.69) is 0 Å². The van der Waals surface area contributed by atoms with Crippen LogP contribution in [0.15, 0.2) is 0 Å². The van der Waals surface area contributed by atoms with E-state index in [9.17, 15) is 0 Å². The van der Waals surface area contributed by atoms with Crippen LogP contribution in [-0.4, -0.2) is 0 Å². The van der Waals surface area contributed by atoms with Crippen LogP contribution in [0.5, 0.6) is 0 Å². The fourth-order valence-electron chi connectivity index (χ4n) is 9.47. The SMILES string of the molecule is C1CCCCCCCCCCCCCCCCCCCCC2(CCCCCCCCCCCCCCCCCCCC1)CCCCC2. The Balaban J connectivity index is 1.53. The smallest absolute Gasteiger partial charge is 0.0297 e. The van der Waals surface area contributed by atoms with E-state index in [0.717, 1.165) is 5.41 Å². The van der Waals surface area contributed by atoms with E-state index in [4.69, 9.17) is 0 Å². The molecule has 0 bridgehead atoms. The molecule has 2 rings (SSSR count). The number of hydrogen-bond donors (Lipinski definition) is 0. The minimum absolute atomic E-state index is 0.754. The molecule has 280 valence electrons. The Morgan fingerprint density at radius 3 is 0.319 bits per heavy atom. The predicted molar refractivity (Wildman–Crippen MR) is 215 cm³/mol. The highest BCUT2D eigenvalue weighted by Crippen LogP contribution is 2.45. The van der Waals surface area contributed by atoms with Crippen molar-refractivity contribution >= 4 is 0 Å². The van der Waals surface area contributed by atoms with Gasteiger partial charge in [0.1, 0.15) is 0 Å². The molecule has 0 heterocycles. The van der Waals surface area contributed by atoms with Crippen molar-refractivity contribution in [3.63, 3.8) is 0 Å². The molecule has 0 atom stereocenters. The molecule has 2 saturated carbocycles. The summed E-state index contributed by atoms with van der Waals surface area (Å²) >= 11 is 0. The van der Waals surface area contributed by atoms with Crippen LogP contribution < -0.4 is 0 Å². The van der Waals surface area contributed by atoms with Gasteiger partial charge in [0.15, 0.2) is 0 Å². The first-order valence-corrected chi connectivity index (χ1v) is 23.4. The largest absolute Gasteiger partial charge is 0.0533 e. The standard InChI is InChI=1S/C47H92/c1-2-4-6-8-10-12-14-16-18-20-22-24-26-28-30-32-34-36-39-43-47(45-41-38-42-46-47)44-40-37-35-33-31-29-27-25-23-21-19-17-15-13-11-9-7-5-3-1/h1-46H2. The van der Waals surface area contributed by atoms with Crippen LogP contribution in [0.2, 0.25) is 0 Å². The van der Waals surface area contributed by atoms with Gasteiger partial charge < -0.3 is 0 Å². The summed E-state index contributed by atoms with van der Waals surface area (Å²) in [6.45, 7) is 0. The first kappa shape index (κ1) is 43.2. The van der Waals surface area contributed by atoms with E-state index >= 15 is 0 Å². The molecule has 0 aromatic heterocycles. The van der Waals surface area contributed by atoms with Crippen LogP contribution in [0.4, 0.5) is 0 Å². The van der Waals surface area contributed by atoms with Crippen molar-refractivity contribution in [2.45, 2.75) is 295 Å². The third-order valence-electron chi connectivity index (χ3n) is 12.8. The van der Waals surface area contributed by atoms with Gasteiger partial charge in [-0.15, -0.1) is 0 Å². The zero-order valence-electron chi connectivity index (χ0n) is 33.0. The summed E-state index contributed by atoms with van der Waals surface area (Å²) in [5.41, 5.74) is 0.754. The molecule has 0 unspecified atom stereocenters. The maximum atomic E-state index is 1.56. The zero-order chi connectivity index (χ0) is 33.0. The van der Waals surface area contributed by atoms with Gasteiger partial charge in [0, 0.05) is 0 Å². The van der Waals surface area contributed by atoms with E-state index in [0.29, 0.717) is 0 Å². The van der Waals surface area contributed by atoms with Crippen molar-refractivity contribution in [1.29, 1.82) is 0 Å². The Hall–Kier alpha value is 0. The molecule has 0 nitrogen and oxygen atoms in total. The van der Waals surface area contributed by atoms with E-state index < -0.39 is 0 Å². The second-order valence-corrected chi connectivity index (χ2v) is 17.3. The normalized spacial score (nSPS) is 25.5. The molecule has 0 aromatic carbocycles. The Bertz CT molecular complexity index is 541. The highest BCUT2D eigenvalue weighted by atomic mass is 14.4. The van der Waals surface area contributed by atoms with Crippen LogP contribution >= 0.6 is 0 Å². The van der Waals surface area contributed by atoms with Gasteiger partial charge in [0.05, 0.1) is 0 Å². The summed E-state index contributed by atoms with van der Waals surface area (Å²) in [4.78, 5) is 0. The Kier molecular flexibility index (Phi) is 31.6. The van der Waals surface area contributed by atoms with Gasteiger partial charge in [0.2, 0.25) is 0 Å². The number of hydrogen-bond acceptors (Lipinski definition) is 0. The Morgan fingerprint density at radius 2 is 0.191 bits per heavy atom. The molecular weight excluding hydrogens is 565 g/mol. The number of rotatable bonds is 0. The van der Waals surface area contributed by atoms with Crippen molar-refractivity contribution in [3.8, 4) is 0 Å². The van der Waals surface area contributed by atoms with Crippen molar-refractivity contribution in [2.24, 2.45) is 5.41 Å². The van der Waals surface area contributed by atoms with E-state index in [1.807, 2.05) is 0 Å². The van der Waals surface area contributed by atoms with Crippen molar-refractivity contribution < 1.29 is 0 Å². The topological polar surface area (TPSA) is 0 Å². The first-order chi connectivity index (χ1) is 23.4. The lowest BCUT2D eigenvalue weighted by atomic mass is 9.68. The molecule has 0 N–H and O–H groups in total. The third kappa shape index (κ3) is 28.4. The fourth-order valence-corrected chi connectivity index (χ4v) is 9.47. The Morgan fingerprint density at radius 1 is 0.106 bits per heavy atom. The van der Waals surface area contributed by atoms with Crippen LogP contribution in [0, 0.1) is 5.41 Å². The summed E-state index contributed by atoms with van der Waals surface area (Å²) in [6, 6.07) is 0. The molecular formula is C47H92. The van der Waals surface area contributed by atoms with Gasteiger partial charge in [0.25, 0.3) is 0 Å². The summed E-state index contributed by atoms with van der Waals surface area (Å²) in [7, 11) is 0. The monoisotopic (exact) mass is 657 g/mol. The highest BCUT2D eigenvalue weighted by molar-refractivity contribution is 4.83. The van der Waals surface area contributed by atoms with Gasteiger partial charge in [-0.05, 0) is 31.1 Å². The van der Waals surface area contributed by atoms with E-state index in [1.165, 1.54) is 270 Å². The molecule has 0 aromatic rings. The maximum absolute atomic E-state index is 1.56. The molecule has 0 amide bonds. The quantitative estimate of drug-likeness (QED) is 0.243. The van der Waals surface area contributed by atoms with E-state index in [1.54, 1.807) is 25.7 Å². The average molecular weight is 657 g/mol. The highest BCUT2D eigenvalue weighted by Gasteiger charge is 2.30. The molecule has 2 aliphatic carbocycles. The van der Waals surface area contributed by atoms with Crippen LogP contribution in [-0.2, 0) is 0 Å². The second-order valence-electron chi connectivity index (χ2n) is 17.3. The maximum Gasteiger partial charge on any atom is -0.0297 e. The molecule has 0 saturated heterocycles. The van der Waals surface area contributed by atoms with Gasteiger partial charge >= 0.3 is 0 Å². The molecule has 0 aliphatic heterocycles.